The minimum atomic E-state index is -0.0944. The van der Waals surface area contributed by atoms with E-state index in [-0.39, 0.29) is 23.6 Å². The van der Waals surface area contributed by atoms with Gasteiger partial charge < -0.3 is 9.80 Å². The highest BCUT2D eigenvalue weighted by atomic mass is 16.1. The maximum atomic E-state index is 13.1. The monoisotopic (exact) mass is 431 g/mol. The van der Waals surface area contributed by atoms with Crippen molar-refractivity contribution in [2.24, 2.45) is 11.3 Å². The van der Waals surface area contributed by atoms with Crippen LogP contribution in [0.25, 0.3) is 5.70 Å². The lowest BCUT2D eigenvalue weighted by molar-refractivity contribution is -0.114. The van der Waals surface area contributed by atoms with Crippen molar-refractivity contribution in [1.29, 1.82) is 5.26 Å². The summed E-state index contributed by atoms with van der Waals surface area (Å²) in [4.78, 5) is 30.4. The fourth-order valence-corrected chi connectivity index (χ4v) is 5.81. The molecule has 1 saturated carbocycles. The van der Waals surface area contributed by atoms with Gasteiger partial charge >= 0.3 is 0 Å². The molecule has 0 atom stereocenters. The highest BCUT2D eigenvalue weighted by Crippen LogP contribution is 2.54. The van der Waals surface area contributed by atoms with Crippen LogP contribution in [0.2, 0.25) is 0 Å². The third kappa shape index (κ3) is 4.13. The average Bonchev–Trinajstić information content (AvgIpc) is 3.56. The van der Waals surface area contributed by atoms with Crippen LogP contribution in [0.15, 0.2) is 23.8 Å². The number of carbonyl (C=O) groups is 2. The molecular weight excluding hydrogens is 398 g/mol. The summed E-state index contributed by atoms with van der Waals surface area (Å²) in [7, 11) is 2.16. The van der Waals surface area contributed by atoms with Gasteiger partial charge in [0.1, 0.15) is 11.6 Å². The Labute approximate surface area is 191 Å². The molecule has 4 aliphatic rings. The molecule has 2 aliphatic carbocycles. The number of fused-ring (bicyclic) bond motifs is 1. The minimum Gasteiger partial charge on any atom is -0.370 e. The summed E-state index contributed by atoms with van der Waals surface area (Å²) < 4.78 is 0. The fourth-order valence-electron chi connectivity index (χ4n) is 5.81. The summed E-state index contributed by atoms with van der Waals surface area (Å²) in [6.07, 6.45) is 9.01. The van der Waals surface area contributed by atoms with E-state index in [0.717, 1.165) is 67.8 Å². The van der Waals surface area contributed by atoms with E-state index in [9.17, 15) is 14.9 Å². The lowest BCUT2D eigenvalue weighted by Gasteiger charge is -2.37. The van der Waals surface area contributed by atoms with Crippen LogP contribution in [-0.2, 0) is 11.2 Å². The summed E-state index contributed by atoms with van der Waals surface area (Å²) in [5.74, 6) is 0.717. The zero-order valence-corrected chi connectivity index (χ0v) is 19.2. The van der Waals surface area contributed by atoms with E-state index in [1.165, 1.54) is 25.7 Å². The largest absolute Gasteiger partial charge is 0.370 e. The van der Waals surface area contributed by atoms with Crippen LogP contribution in [0.1, 0.15) is 72.9 Å². The molecule has 1 aromatic rings. The average molecular weight is 432 g/mol. The Kier molecular flexibility index (Phi) is 5.67. The van der Waals surface area contributed by atoms with Crippen LogP contribution in [0.4, 0.5) is 0 Å². The fraction of sp³-hybridized carbons (Fsp3) is 0.593. The Balaban J connectivity index is 1.36. The number of likely N-dealkylation sites (tertiary alicyclic amines) is 2. The molecule has 0 bridgehead atoms. The third-order valence-corrected chi connectivity index (χ3v) is 8.38. The van der Waals surface area contributed by atoms with E-state index in [0.29, 0.717) is 17.8 Å². The number of rotatable bonds is 5. The molecule has 168 valence electrons. The van der Waals surface area contributed by atoms with Gasteiger partial charge in [0.2, 0.25) is 0 Å². The van der Waals surface area contributed by atoms with Gasteiger partial charge in [-0.15, -0.1) is 0 Å². The summed E-state index contributed by atoms with van der Waals surface area (Å²) >= 11 is 0. The number of allylic oxidation sites excluding steroid dienone is 1. The lowest BCUT2D eigenvalue weighted by atomic mass is 9.84. The van der Waals surface area contributed by atoms with Crippen LogP contribution in [-0.4, -0.2) is 54.6 Å². The molecule has 2 aliphatic heterocycles. The van der Waals surface area contributed by atoms with Gasteiger partial charge in [0.05, 0.1) is 5.70 Å². The summed E-state index contributed by atoms with van der Waals surface area (Å²) in [6, 6.07) is 7.99. The molecular formula is C27H33N3O2. The number of hydrogen-bond acceptors (Lipinski definition) is 5. The van der Waals surface area contributed by atoms with Crippen molar-refractivity contribution in [3.05, 3.63) is 40.5 Å². The van der Waals surface area contributed by atoms with E-state index in [2.05, 4.69) is 22.9 Å². The smallest absolute Gasteiger partial charge is 0.179 e. The van der Waals surface area contributed by atoms with Crippen LogP contribution < -0.4 is 0 Å². The molecule has 5 rings (SSSR count). The van der Waals surface area contributed by atoms with Gasteiger partial charge in [0.25, 0.3) is 0 Å². The highest BCUT2D eigenvalue weighted by Gasteiger charge is 2.45. The van der Waals surface area contributed by atoms with Gasteiger partial charge in [-0.2, -0.15) is 5.26 Å². The van der Waals surface area contributed by atoms with Crippen molar-refractivity contribution in [2.75, 3.05) is 33.2 Å². The van der Waals surface area contributed by atoms with Crippen molar-refractivity contribution in [3.8, 4) is 6.07 Å². The van der Waals surface area contributed by atoms with Gasteiger partial charge in [-0.05, 0) is 88.0 Å². The van der Waals surface area contributed by atoms with E-state index in [1.807, 2.05) is 18.2 Å². The van der Waals surface area contributed by atoms with E-state index >= 15 is 0 Å². The number of carbonyl (C=O) groups excluding carboxylic acids is 2. The zero-order chi connectivity index (χ0) is 22.3. The minimum absolute atomic E-state index is 0.0944. The second-order valence-corrected chi connectivity index (χ2v) is 10.5. The molecule has 2 heterocycles. The van der Waals surface area contributed by atoms with Crippen LogP contribution >= 0.6 is 0 Å². The molecule has 32 heavy (non-hydrogen) atoms. The molecule has 0 amide bonds. The predicted octanol–water partition coefficient (Wildman–Crippen LogP) is 4.23. The molecule has 0 radical (unpaired) electrons. The standard InChI is InChI=1S/C27H33N3O2/c1-29-12-6-19(7-13-29)2-5-24(31)21-4-3-20-17-25(32)23(18-28)26(22(20)16-21)30-14-10-27(8-9-27)11-15-30/h3-4,16,19H,2,5-15,17H2,1H3. The highest BCUT2D eigenvalue weighted by molar-refractivity contribution is 6.10. The van der Waals surface area contributed by atoms with E-state index in [4.69, 9.17) is 0 Å². The zero-order valence-electron chi connectivity index (χ0n) is 19.2. The second-order valence-electron chi connectivity index (χ2n) is 10.5. The van der Waals surface area contributed by atoms with Gasteiger partial charge in [0.15, 0.2) is 11.6 Å². The first-order valence-corrected chi connectivity index (χ1v) is 12.3. The number of nitriles is 1. The summed E-state index contributed by atoms with van der Waals surface area (Å²) in [5.41, 5.74) is 4.17. The molecule has 0 unspecified atom stereocenters. The number of benzene rings is 1. The second kappa shape index (κ2) is 8.48. The number of hydrogen-bond donors (Lipinski definition) is 0. The van der Waals surface area contributed by atoms with E-state index in [1.54, 1.807) is 0 Å². The van der Waals surface area contributed by atoms with Gasteiger partial charge in [0, 0.05) is 37.1 Å². The molecule has 2 saturated heterocycles. The topological polar surface area (TPSA) is 64.4 Å². The number of piperidine rings is 2. The molecule has 0 N–H and O–H groups in total. The van der Waals surface area contributed by atoms with Crippen molar-refractivity contribution < 1.29 is 9.59 Å². The number of ketones is 2. The summed E-state index contributed by atoms with van der Waals surface area (Å²) in [6.45, 7) is 4.02. The third-order valence-electron chi connectivity index (χ3n) is 8.38. The van der Waals surface area contributed by atoms with Crippen molar-refractivity contribution in [1.82, 2.24) is 9.80 Å². The van der Waals surface area contributed by atoms with Crippen LogP contribution in [0.3, 0.4) is 0 Å². The Morgan fingerprint density at radius 1 is 1.12 bits per heavy atom. The molecule has 1 spiro atoms. The number of Topliss-reactive ketones (excluding diaryl/α,β-unsaturated/α-hetero) is 2. The normalized spacial score (nSPS) is 23.2. The van der Waals surface area contributed by atoms with Gasteiger partial charge in [-0.25, -0.2) is 0 Å². The van der Waals surface area contributed by atoms with Crippen molar-refractivity contribution in [2.45, 2.75) is 57.8 Å². The molecule has 3 fully saturated rings. The maximum Gasteiger partial charge on any atom is 0.179 e. The van der Waals surface area contributed by atoms with E-state index < -0.39 is 0 Å². The van der Waals surface area contributed by atoms with Gasteiger partial charge in [-0.3, -0.25) is 9.59 Å². The Morgan fingerprint density at radius 3 is 2.50 bits per heavy atom. The first-order valence-electron chi connectivity index (χ1n) is 12.3. The first-order chi connectivity index (χ1) is 15.5. The maximum absolute atomic E-state index is 13.1. The summed E-state index contributed by atoms with van der Waals surface area (Å²) in [5, 5.41) is 9.80. The molecule has 5 heteroatoms. The Hall–Kier alpha value is -2.45. The Bertz CT molecular complexity index is 996. The lowest BCUT2D eigenvalue weighted by Crippen LogP contribution is -2.36. The molecule has 5 nitrogen and oxygen atoms in total. The van der Waals surface area contributed by atoms with Crippen LogP contribution in [0.5, 0.6) is 0 Å². The predicted molar refractivity (Wildman–Crippen MR) is 124 cm³/mol. The van der Waals surface area contributed by atoms with Crippen molar-refractivity contribution >= 4 is 17.3 Å². The SMILES string of the molecule is CN1CCC(CCC(=O)c2ccc3c(c2)C(N2CCC4(CC2)CC4)=C(C#N)C(=O)C3)CC1. The first kappa shape index (κ1) is 21.4. The Morgan fingerprint density at radius 2 is 1.84 bits per heavy atom. The van der Waals surface area contributed by atoms with Gasteiger partial charge in [-0.1, -0.05) is 12.1 Å². The quantitative estimate of drug-likeness (QED) is 0.653. The number of nitrogens with zero attached hydrogens (tertiary/aromatic N) is 3. The molecule has 1 aromatic carbocycles. The van der Waals surface area contributed by atoms with Crippen molar-refractivity contribution in [3.63, 3.8) is 0 Å². The molecule has 0 aromatic heterocycles. The van der Waals surface area contributed by atoms with Crippen LogP contribution in [0, 0.1) is 22.7 Å².